The number of amides is 2. The summed E-state index contributed by atoms with van der Waals surface area (Å²) in [7, 11) is 0. The topological polar surface area (TPSA) is 93.5 Å². The fraction of sp³-hybridized carbons (Fsp3) is 0.583. The fourth-order valence-corrected chi connectivity index (χ4v) is 1.88. The highest BCUT2D eigenvalue weighted by atomic mass is 16.5. The zero-order chi connectivity index (χ0) is 13.7. The van der Waals surface area contributed by atoms with Crippen molar-refractivity contribution in [3.63, 3.8) is 0 Å². The second-order valence-electron chi connectivity index (χ2n) is 4.48. The van der Waals surface area contributed by atoms with Crippen LogP contribution in [-0.2, 0) is 14.3 Å². The standard InChI is InChI=1S/C12H17N3O4/c1-8-6-10(15-19-8)14-11(16)7-13-12(17)9-2-4-18-5-3-9/h6,9H,2-5,7H2,1H3,(H,13,17)(H,14,15,16). The molecule has 19 heavy (non-hydrogen) atoms. The smallest absolute Gasteiger partial charge is 0.245 e. The Morgan fingerprint density at radius 3 is 2.79 bits per heavy atom. The summed E-state index contributed by atoms with van der Waals surface area (Å²) < 4.78 is 10.00. The molecule has 0 aliphatic carbocycles. The van der Waals surface area contributed by atoms with Gasteiger partial charge in [0.1, 0.15) is 5.76 Å². The highest BCUT2D eigenvalue weighted by Gasteiger charge is 2.21. The molecule has 2 N–H and O–H groups in total. The number of nitrogens with zero attached hydrogens (tertiary/aromatic N) is 1. The number of nitrogens with one attached hydrogen (secondary N) is 2. The van der Waals surface area contributed by atoms with Crippen molar-refractivity contribution < 1.29 is 18.8 Å². The molecular formula is C12H17N3O4. The number of aromatic nitrogens is 1. The third kappa shape index (κ3) is 4.06. The SMILES string of the molecule is Cc1cc(NC(=O)CNC(=O)C2CCOCC2)no1. The van der Waals surface area contributed by atoms with Crippen molar-refractivity contribution in [1.82, 2.24) is 10.5 Å². The summed E-state index contributed by atoms with van der Waals surface area (Å²) in [5.41, 5.74) is 0. The highest BCUT2D eigenvalue weighted by molar-refractivity contribution is 5.94. The lowest BCUT2D eigenvalue weighted by Gasteiger charge is -2.20. The quantitative estimate of drug-likeness (QED) is 0.826. The first-order valence-electron chi connectivity index (χ1n) is 6.24. The Morgan fingerprint density at radius 2 is 2.16 bits per heavy atom. The van der Waals surface area contributed by atoms with Crippen LogP contribution >= 0.6 is 0 Å². The zero-order valence-corrected chi connectivity index (χ0v) is 10.8. The van der Waals surface area contributed by atoms with Gasteiger partial charge in [-0.25, -0.2) is 0 Å². The summed E-state index contributed by atoms with van der Waals surface area (Å²) in [5.74, 6) is 0.476. The third-order valence-corrected chi connectivity index (χ3v) is 2.91. The van der Waals surface area contributed by atoms with Crippen LogP contribution in [0.2, 0.25) is 0 Å². The molecule has 1 aliphatic heterocycles. The highest BCUT2D eigenvalue weighted by Crippen LogP contribution is 2.14. The predicted molar refractivity (Wildman–Crippen MR) is 66.4 cm³/mol. The van der Waals surface area contributed by atoms with E-state index in [1.54, 1.807) is 13.0 Å². The Bertz CT molecular complexity index is 452. The normalized spacial score (nSPS) is 16.1. The first-order chi connectivity index (χ1) is 9.15. The number of hydrogen-bond acceptors (Lipinski definition) is 5. The van der Waals surface area contributed by atoms with Crippen LogP contribution in [0, 0.1) is 12.8 Å². The van der Waals surface area contributed by atoms with Crippen molar-refractivity contribution in [2.75, 3.05) is 25.1 Å². The molecule has 2 rings (SSSR count). The van der Waals surface area contributed by atoms with Crippen LogP contribution in [0.3, 0.4) is 0 Å². The number of aryl methyl sites for hydroxylation is 1. The second-order valence-corrected chi connectivity index (χ2v) is 4.48. The lowest BCUT2D eigenvalue weighted by molar-refractivity contribution is -0.129. The van der Waals surface area contributed by atoms with Gasteiger partial charge in [-0.1, -0.05) is 5.16 Å². The van der Waals surface area contributed by atoms with Gasteiger partial charge in [0.15, 0.2) is 5.82 Å². The van der Waals surface area contributed by atoms with Gasteiger partial charge in [-0.15, -0.1) is 0 Å². The van der Waals surface area contributed by atoms with Crippen LogP contribution in [0.1, 0.15) is 18.6 Å². The van der Waals surface area contributed by atoms with Gasteiger partial charge in [0.2, 0.25) is 11.8 Å². The van der Waals surface area contributed by atoms with Gasteiger partial charge in [0.25, 0.3) is 0 Å². The average molecular weight is 267 g/mol. The van der Waals surface area contributed by atoms with Crippen molar-refractivity contribution in [3.8, 4) is 0 Å². The third-order valence-electron chi connectivity index (χ3n) is 2.91. The molecule has 0 unspecified atom stereocenters. The van der Waals surface area contributed by atoms with E-state index < -0.39 is 0 Å². The van der Waals surface area contributed by atoms with Gasteiger partial charge in [-0.2, -0.15) is 0 Å². The van der Waals surface area contributed by atoms with Gasteiger partial charge >= 0.3 is 0 Å². The van der Waals surface area contributed by atoms with Crippen molar-refractivity contribution >= 4 is 17.6 Å². The van der Waals surface area contributed by atoms with E-state index in [-0.39, 0.29) is 24.3 Å². The molecule has 1 aliphatic rings. The number of anilines is 1. The van der Waals surface area contributed by atoms with E-state index in [1.807, 2.05) is 0 Å². The minimum atomic E-state index is -0.325. The van der Waals surface area contributed by atoms with Crippen LogP contribution < -0.4 is 10.6 Å². The van der Waals surface area contributed by atoms with Crippen molar-refractivity contribution in [2.24, 2.45) is 5.92 Å². The van der Waals surface area contributed by atoms with E-state index >= 15 is 0 Å². The molecule has 7 nitrogen and oxygen atoms in total. The Hall–Kier alpha value is -1.89. The van der Waals surface area contributed by atoms with Crippen LogP contribution in [-0.4, -0.2) is 36.7 Å². The first kappa shape index (κ1) is 13.5. The largest absolute Gasteiger partial charge is 0.381 e. The average Bonchev–Trinajstić information content (AvgIpc) is 2.82. The molecule has 0 radical (unpaired) electrons. The molecule has 0 atom stereocenters. The van der Waals surface area contributed by atoms with Crippen LogP contribution in [0.5, 0.6) is 0 Å². The predicted octanol–water partition coefficient (Wildman–Crippen LogP) is 0.464. The van der Waals surface area contributed by atoms with Gasteiger partial charge in [-0.05, 0) is 19.8 Å². The number of carbonyl (C=O) groups excluding carboxylic acids is 2. The van der Waals surface area contributed by atoms with Crippen LogP contribution in [0.4, 0.5) is 5.82 Å². The van der Waals surface area contributed by atoms with Crippen molar-refractivity contribution in [1.29, 1.82) is 0 Å². The summed E-state index contributed by atoms with van der Waals surface area (Å²) in [6.45, 7) is 2.86. The molecule has 104 valence electrons. The fourth-order valence-electron chi connectivity index (χ4n) is 1.88. The van der Waals surface area contributed by atoms with Gasteiger partial charge in [-0.3, -0.25) is 9.59 Å². The van der Waals surface area contributed by atoms with E-state index in [2.05, 4.69) is 15.8 Å². The minimum Gasteiger partial charge on any atom is -0.381 e. The maximum Gasteiger partial charge on any atom is 0.245 e. The van der Waals surface area contributed by atoms with Crippen molar-refractivity contribution in [3.05, 3.63) is 11.8 Å². The molecule has 1 fully saturated rings. The summed E-state index contributed by atoms with van der Waals surface area (Å²) in [6.07, 6.45) is 1.41. The Kier molecular flexibility index (Phi) is 4.51. The molecule has 7 heteroatoms. The lowest BCUT2D eigenvalue weighted by Crippen LogP contribution is -2.38. The maximum absolute atomic E-state index is 11.8. The number of carbonyl (C=O) groups is 2. The zero-order valence-electron chi connectivity index (χ0n) is 10.8. The molecular weight excluding hydrogens is 250 g/mol. The van der Waals surface area contributed by atoms with E-state index in [0.717, 1.165) is 0 Å². The second kappa shape index (κ2) is 6.33. The molecule has 2 amide bonds. The summed E-state index contributed by atoms with van der Waals surface area (Å²) >= 11 is 0. The van der Waals surface area contributed by atoms with Crippen LogP contribution in [0.15, 0.2) is 10.6 Å². The summed E-state index contributed by atoms with van der Waals surface area (Å²) in [5, 5.41) is 8.79. The Morgan fingerprint density at radius 1 is 1.42 bits per heavy atom. The van der Waals surface area contributed by atoms with Gasteiger partial charge in [0, 0.05) is 25.2 Å². The molecule has 0 aromatic carbocycles. The monoisotopic (exact) mass is 267 g/mol. The van der Waals surface area contributed by atoms with Gasteiger partial charge in [0.05, 0.1) is 6.54 Å². The molecule has 0 spiro atoms. The van der Waals surface area contributed by atoms with E-state index in [1.165, 1.54) is 0 Å². The van der Waals surface area contributed by atoms with Crippen LogP contribution in [0.25, 0.3) is 0 Å². The molecule has 1 aromatic rings. The molecule has 0 bridgehead atoms. The van der Waals surface area contributed by atoms with Gasteiger partial charge < -0.3 is 19.9 Å². The van der Waals surface area contributed by atoms with E-state index in [9.17, 15) is 9.59 Å². The Balaban J connectivity index is 1.72. The summed E-state index contributed by atoms with van der Waals surface area (Å²) in [6, 6.07) is 1.61. The summed E-state index contributed by atoms with van der Waals surface area (Å²) in [4.78, 5) is 23.4. The molecule has 1 aromatic heterocycles. The lowest BCUT2D eigenvalue weighted by atomic mass is 9.99. The number of rotatable bonds is 4. The molecule has 1 saturated heterocycles. The number of ether oxygens (including phenoxy) is 1. The minimum absolute atomic E-state index is 0.0594. The molecule has 0 saturated carbocycles. The van der Waals surface area contributed by atoms with Crippen molar-refractivity contribution in [2.45, 2.75) is 19.8 Å². The first-order valence-corrected chi connectivity index (χ1v) is 6.24. The van der Waals surface area contributed by atoms with E-state index in [0.29, 0.717) is 37.6 Å². The molecule has 2 heterocycles. The Labute approximate surface area is 110 Å². The maximum atomic E-state index is 11.8. The van der Waals surface area contributed by atoms with E-state index in [4.69, 9.17) is 9.26 Å². The number of hydrogen-bond donors (Lipinski definition) is 2.